The Morgan fingerprint density at radius 3 is 2.63 bits per heavy atom. The van der Waals surface area contributed by atoms with Crippen LogP contribution in [0.25, 0.3) is 0 Å². The van der Waals surface area contributed by atoms with Crippen molar-refractivity contribution in [2.24, 2.45) is 11.1 Å². The third-order valence-electron chi connectivity index (χ3n) is 3.53. The number of aliphatic hydroxyl groups excluding tert-OH is 1. The van der Waals surface area contributed by atoms with Gasteiger partial charge in [-0.1, -0.05) is 6.92 Å². The molecular formula is C12H19N3O3S. The van der Waals surface area contributed by atoms with E-state index in [9.17, 15) is 13.5 Å². The van der Waals surface area contributed by atoms with Crippen LogP contribution in [0.5, 0.6) is 0 Å². The first-order valence-electron chi connectivity index (χ1n) is 6.14. The average molecular weight is 285 g/mol. The number of piperidine rings is 1. The Balaban J connectivity index is 2.27. The maximum Gasteiger partial charge on any atom is 0.238 e. The number of anilines is 2. The van der Waals surface area contributed by atoms with Crippen LogP contribution in [0.3, 0.4) is 0 Å². The van der Waals surface area contributed by atoms with Gasteiger partial charge in [-0.05, 0) is 30.5 Å². The van der Waals surface area contributed by atoms with E-state index < -0.39 is 10.0 Å². The van der Waals surface area contributed by atoms with Gasteiger partial charge in [0, 0.05) is 13.1 Å². The predicted molar refractivity (Wildman–Crippen MR) is 74.2 cm³/mol. The fraction of sp³-hybridized carbons (Fsp3) is 0.500. The van der Waals surface area contributed by atoms with E-state index in [4.69, 9.17) is 10.9 Å². The number of hydrogen-bond donors (Lipinski definition) is 3. The lowest BCUT2D eigenvalue weighted by Gasteiger charge is -2.36. The molecule has 0 bridgehead atoms. The molecule has 0 radical (unpaired) electrons. The SMILES string of the molecule is CC1CN(c2ccc(S(N)(=O)=O)cc2N)CCC1O. The lowest BCUT2D eigenvalue weighted by molar-refractivity contribution is 0.0971. The summed E-state index contributed by atoms with van der Waals surface area (Å²) in [6.07, 6.45) is 0.388. The van der Waals surface area contributed by atoms with Crippen LogP contribution in [0.1, 0.15) is 13.3 Å². The van der Waals surface area contributed by atoms with Crippen molar-refractivity contribution in [2.45, 2.75) is 24.3 Å². The van der Waals surface area contributed by atoms with E-state index in [1.807, 2.05) is 6.92 Å². The standard InChI is InChI=1S/C12H19N3O3S/c1-8-7-15(5-4-12(8)16)11-3-2-9(6-10(11)13)19(14,17)18/h2-3,6,8,12,16H,4-5,7,13H2,1H3,(H2,14,17,18). The Morgan fingerprint density at radius 1 is 1.42 bits per heavy atom. The number of rotatable bonds is 2. The van der Waals surface area contributed by atoms with Gasteiger partial charge in [0.05, 0.1) is 22.4 Å². The number of nitrogen functional groups attached to an aromatic ring is 1. The molecule has 2 atom stereocenters. The maximum absolute atomic E-state index is 11.2. The van der Waals surface area contributed by atoms with Gasteiger partial charge in [0.25, 0.3) is 0 Å². The van der Waals surface area contributed by atoms with Gasteiger partial charge >= 0.3 is 0 Å². The van der Waals surface area contributed by atoms with Crippen LogP contribution in [0.4, 0.5) is 11.4 Å². The quantitative estimate of drug-likeness (QED) is 0.669. The van der Waals surface area contributed by atoms with Crippen LogP contribution in [-0.2, 0) is 10.0 Å². The normalized spacial score (nSPS) is 24.5. The summed E-state index contributed by atoms with van der Waals surface area (Å²) >= 11 is 0. The van der Waals surface area contributed by atoms with Gasteiger partial charge in [0.15, 0.2) is 0 Å². The summed E-state index contributed by atoms with van der Waals surface area (Å²) in [6.45, 7) is 3.37. The summed E-state index contributed by atoms with van der Waals surface area (Å²) in [7, 11) is -3.73. The molecule has 2 unspecified atom stereocenters. The zero-order valence-electron chi connectivity index (χ0n) is 10.8. The van der Waals surface area contributed by atoms with Crippen molar-refractivity contribution < 1.29 is 13.5 Å². The molecule has 1 aliphatic rings. The summed E-state index contributed by atoms with van der Waals surface area (Å²) < 4.78 is 22.5. The first-order valence-corrected chi connectivity index (χ1v) is 7.69. The molecule has 0 aromatic heterocycles. The second-order valence-corrected chi connectivity index (χ2v) is 6.61. The van der Waals surface area contributed by atoms with E-state index in [1.54, 1.807) is 6.07 Å². The molecule has 1 heterocycles. The summed E-state index contributed by atoms with van der Waals surface area (Å²) in [5.41, 5.74) is 7.07. The highest BCUT2D eigenvalue weighted by atomic mass is 32.2. The lowest BCUT2D eigenvalue weighted by atomic mass is 9.96. The molecule has 1 saturated heterocycles. The number of hydrogen-bond acceptors (Lipinski definition) is 5. The molecule has 1 aliphatic heterocycles. The summed E-state index contributed by atoms with van der Waals surface area (Å²) in [5, 5.41) is 14.8. The maximum atomic E-state index is 11.2. The molecule has 0 amide bonds. The van der Waals surface area contributed by atoms with Gasteiger partial charge in [0.2, 0.25) is 10.0 Å². The molecule has 2 rings (SSSR count). The number of primary sulfonamides is 1. The number of nitrogens with two attached hydrogens (primary N) is 2. The van der Waals surface area contributed by atoms with Crippen LogP contribution in [-0.4, -0.2) is 32.7 Å². The third-order valence-corrected chi connectivity index (χ3v) is 4.44. The highest BCUT2D eigenvalue weighted by molar-refractivity contribution is 7.89. The van der Waals surface area contributed by atoms with Crippen molar-refractivity contribution in [2.75, 3.05) is 23.7 Å². The Labute approximate surface area is 113 Å². The smallest absolute Gasteiger partial charge is 0.238 e. The van der Waals surface area contributed by atoms with Crippen molar-refractivity contribution in [1.29, 1.82) is 0 Å². The van der Waals surface area contributed by atoms with Crippen molar-refractivity contribution in [1.82, 2.24) is 0 Å². The summed E-state index contributed by atoms with van der Waals surface area (Å²) in [5.74, 6) is 0.158. The van der Waals surface area contributed by atoms with Gasteiger partial charge in [-0.3, -0.25) is 0 Å². The number of nitrogens with zero attached hydrogens (tertiary/aromatic N) is 1. The highest BCUT2D eigenvalue weighted by Gasteiger charge is 2.25. The van der Waals surface area contributed by atoms with Crippen LogP contribution >= 0.6 is 0 Å². The van der Waals surface area contributed by atoms with Gasteiger partial charge in [-0.25, -0.2) is 13.6 Å². The highest BCUT2D eigenvalue weighted by Crippen LogP contribution is 2.29. The van der Waals surface area contributed by atoms with Crippen LogP contribution in [0.15, 0.2) is 23.1 Å². The fourth-order valence-corrected chi connectivity index (χ4v) is 2.90. The number of benzene rings is 1. The second kappa shape index (κ2) is 4.99. The minimum Gasteiger partial charge on any atom is -0.397 e. The van der Waals surface area contributed by atoms with E-state index in [2.05, 4.69) is 4.90 Å². The molecule has 0 spiro atoms. The van der Waals surface area contributed by atoms with E-state index >= 15 is 0 Å². The van der Waals surface area contributed by atoms with Gasteiger partial charge in [0.1, 0.15) is 0 Å². The van der Waals surface area contributed by atoms with E-state index in [-0.39, 0.29) is 16.9 Å². The third kappa shape index (κ3) is 2.99. The zero-order valence-corrected chi connectivity index (χ0v) is 11.6. The second-order valence-electron chi connectivity index (χ2n) is 5.04. The fourth-order valence-electron chi connectivity index (χ4n) is 2.35. The molecule has 7 heteroatoms. The van der Waals surface area contributed by atoms with Crippen molar-refractivity contribution in [3.63, 3.8) is 0 Å². The largest absolute Gasteiger partial charge is 0.397 e. The molecule has 1 fully saturated rings. The van der Waals surface area contributed by atoms with Crippen molar-refractivity contribution >= 4 is 21.4 Å². The molecule has 0 aliphatic carbocycles. The molecule has 1 aromatic rings. The first-order chi connectivity index (χ1) is 8.79. The van der Waals surface area contributed by atoms with E-state index in [1.165, 1.54) is 12.1 Å². The lowest BCUT2D eigenvalue weighted by Crippen LogP contribution is -2.42. The molecule has 6 nitrogen and oxygen atoms in total. The van der Waals surface area contributed by atoms with Crippen LogP contribution in [0, 0.1) is 5.92 Å². The van der Waals surface area contributed by atoms with E-state index in [0.717, 1.165) is 5.69 Å². The van der Waals surface area contributed by atoms with Crippen LogP contribution in [0.2, 0.25) is 0 Å². The Bertz CT molecular complexity index is 574. The average Bonchev–Trinajstić information content (AvgIpc) is 2.31. The predicted octanol–water partition coefficient (Wildman–Crippen LogP) is 0.123. The Hall–Kier alpha value is -1.31. The van der Waals surface area contributed by atoms with Crippen molar-refractivity contribution in [3.8, 4) is 0 Å². The molecule has 1 aromatic carbocycles. The van der Waals surface area contributed by atoms with E-state index in [0.29, 0.717) is 25.2 Å². The first kappa shape index (κ1) is 14.1. The van der Waals surface area contributed by atoms with Gasteiger partial charge in [-0.15, -0.1) is 0 Å². The van der Waals surface area contributed by atoms with Crippen molar-refractivity contribution in [3.05, 3.63) is 18.2 Å². The zero-order chi connectivity index (χ0) is 14.2. The molecular weight excluding hydrogens is 266 g/mol. The summed E-state index contributed by atoms with van der Waals surface area (Å²) in [6, 6.07) is 4.50. The summed E-state index contributed by atoms with van der Waals surface area (Å²) in [4.78, 5) is 2.07. The van der Waals surface area contributed by atoms with Gasteiger partial charge in [-0.2, -0.15) is 0 Å². The van der Waals surface area contributed by atoms with Crippen LogP contribution < -0.4 is 15.8 Å². The monoisotopic (exact) mass is 285 g/mol. The van der Waals surface area contributed by atoms with Gasteiger partial charge < -0.3 is 15.7 Å². The topological polar surface area (TPSA) is 110 Å². The molecule has 0 saturated carbocycles. The molecule has 106 valence electrons. The minimum atomic E-state index is -3.73. The number of sulfonamides is 1. The molecule has 5 N–H and O–H groups in total. The number of aliphatic hydroxyl groups is 1. The molecule has 19 heavy (non-hydrogen) atoms. The minimum absolute atomic E-state index is 0.0128. The Morgan fingerprint density at radius 2 is 2.11 bits per heavy atom. The Kier molecular flexibility index (Phi) is 3.71.